The van der Waals surface area contributed by atoms with E-state index in [-0.39, 0.29) is 13.2 Å². The van der Waals surface area contributed by atoms with Crippen molar-refractivity contribution in [3.8, 4) is 0 Å². The highest BCUT2D eigenvalue weighted by molar-refractivity contribution is 7.48. The lowest BCUT2D eigenvalue weighted by molar-refractivity contribution is -0.284. The smallest absolute Gasteiger partial charge is 0.456 e. The number of hydrogen-bond acceptors (Lipinski definition) is 11. The van der Waals surface area contributed by atoms with Gasteiger partial charge in [0.15, 0.2) is 18.3 Å². The molecule has 0 amide bonds. The lowest BCUT2D eigenvalue weighted by atomic mass is 9.99. The SMILES string of the molecule is CC(=O)O[C@@H]1[C@@H](OC(C)=O)[C@H](C)O[C@@H](OP2(=O)OCCCO2)[C@@H]1OC(C)=O. The van der Waals surface area contributed by atoms with E-state index in [4.69, 9.17) is 32.5 Å². The predicted molar refractivity (Wildman–Crippen MR) is 86.2 cm³/mol. The largest absolute Gasteiger partial charge is 0.477 e. The molecule has 11 nitrogen and oxygen atoms in total. The molecular formula is C15H23O11P. The third-order valence-electron chi connectivity index (χ3n) is 3.65. The summed E-state index contributed by atoms with van der Waals surface area (Å²) in [5.41, 5.74) is 0. The van der Waals surface area contributed by atoms with Crippen LogP contribution in [0.2, 0.25) is 0 Å². The van der Waals surface area contributed by atoms with Gasteiger partial charge in [-0.2, -0.15) is 0 Å². The molecular weight excluding hydrogens is 387 g/mol. The Morgan fingerprint density at radius 2 is 1.33 bits per heavy atom. The van der Waals surface area contributed by atoms with Gasteiger partial charge in [0.1, 0.15) is 0 Å². The van der Waals surface area contributed by atoms with E-state index >= 15 is 0 Å². The summed E-state index contributed by atoms with van der Waals surface area (Å²) in [5.74, 6) is -2.10. The molecule has 0 N–H and O–H groups in total. The van der Waals surface area contributed by atoms with Crippen LogP contribution < -0.4 is 0 Å². The van der Waals surface area contributed by atoms with Crippen molar-refractivity contribution in [3.05, 3.63) is 0 Å². The fraction of sp³-hybridized carbons (Fsp3) is 0.800. The average molecular weight is 410 g/mol. The first kappa shape index (κ1) is 21.8. The van der Waals surface area contributed by atoms with Crippen LogP contribution in [-0.2, 0) is 51.5 Å². The van der Waals surface area contributed by atoms with Crippen molar-refractivity contribution in [3.63, 3.8) is 0 Å². The van der Waals surface area contributed by atoms with Gasteiger partial charge in [0.25, 0.3) is 0 Å². The van der Waals surface area contributed by atoms with Crippen molar-refractivity contribution >= 4 is 25.7 Å². The normalized spacial score (nSPS) is 33.0. The number of hydrogen-bond donors (Lipinski definition) is 0. The molecule has 2 aliphatic rings. The highest BCUT2D eigenvalue weighted by atomic mass is 31.2. The summed E-state index contributed by atoms with van der Waals surface area (Å²) in [6.07, 6.45) is -5.44. The first-order valence-electron chi connectivity index (χ1n) is 8.36. The second kappa shape index (κ2) is 9.11. The molecule has 0 radical (unpaired) electrons. The molecule has 2 fully saturated rings. The van der Waals surface area contributed by atoms with E-state index < -0.39 is 56.4 Å². The average Bonchev–Trinajstić information content (AvgIpc) is 2.54. The maximum absolute atomic E-state index is 12.5. The molecule has 154 valence electrons. The molecule has 2 rings (SSSR count). The maximum Gasteiger partial charge on any atom is 0.477 e. The summed E-state index contributed by atoms with van der Waals surface area (Å²) >= 11 is 0. The fourth-order valence-corrected chi connectivity index (χ4v) is 4.02. The van der Waals surface area contributed by atoms with Gasteiger partial charge in [-0.1, -0.05) is 0 Å². The zero-order chi connectivity index (χ0) is 20.2. The quantitative estimate of drug-likeness (QED) is 0.366. The van der Waals surface area contributed by atoms with Crippen LogP contribution in [0.5, 0.6) is 0 Å². The second-order valence-electron chi connectivity index (χ2n) is 6.00. The molecule has 0 aromatic carbocycles. The lowest BCUT2D eigenvalue weighted by Crippen LogP contribution is -2.61. The van der Waals surface area contributed by atoms with Gasteiger partial charge in [-0.25, -0.2) is 4.57 Å². The zero-order valence-corrected chi connectivity index (χ0v) is 16.3. The summed E-state index contributed by atoms with van der Waals surface area (Å²) in [6, 6.07) is 0. The van der Waals surface area contributed by atoms with Gasteiger partial charge in [0, 0.05) is 20.8 Å². The van der Waals surface area contributed by atoms with Gasteiger partial charge < -0.3 is 18.9 Å². The third kappa shape index (κ3) is 5.98. The first-order valence-corrected chi connectivity index (χ1v) is 9.82. The van der Waals surface area contributed by atoms with E-state index in [9.17, 15) is 18.9 Å². The zero-order valence-electron chi connectivity index (χ0n) is 15.4. The molecule has 2 saturated heterocycles. The number of phosphoric acid groups is 1. The van der Waals surface area contributed by atoms with Crippen LogP contribution in [0.25, 0.3) is 0 Å². The van der Waals surface area contributed by atoms with Crippen LogP contribution in [0, 0.1) is 0 Å². The van der Waals surface area contributed by atoms with Crippen LogP contribution >= 0.6 is 7.82 Å². The lowest BCUT2D eigenvalue weighted by Gasteiger charge is -2.43. The topological polar surface area (TPSA) is 133 Å². The Morgan fingerprint density at radius 1 is 0.852 bits per heavy atom. The van der Waals surface area contributed by atoms with Crippen LogP contribution in [0.3, 0.4) is 0 Å². The van der Waals surface area contributed by atoms with Crippen molar-refractivity contribution in [2.75, 3.05) is 13.2 Å². The Hall–Kier alpha value is -1.52. The highest BCUT2D eigenvalue weighted by Crippen LogP contribution is 2.54. The minimum absolute atomic E-state index is 0.154. The van der Waals surface area contributed by atoms with E-state index in [1.807, 2.05) is 0 Å². The standard InChI is InChI=1S/C15H23O11P/c1-8-12(23-9(2)16)13(24-10(3)17)14(25-11(4)18)15(22-8)26-27(19)20-6-5-7-21-27/h8,12-15H,5-7H2,1-4H3/t8-,12-,13+,14+,15-/m0/s1. The van der Waals surface area contributed by atoms with Gasteiger partial charge in [-0.15, -0.1) is 0 Å². The molecule has 0 saturated carbocycles. The molecule has 2 aliphatic heterocycles. The Bertz CT molecular complexity index is 611. The second-order valence-corrected chi connectivity index (χ2v) is 7.63. The number of carbonyl (C=O) groups is 3. The van der Waals surface area contributed by atoms with Crippen molar-refractivity contribution in [1.29, 1.82) is 0 Å². The predicted octanol–water partition coefficient (Wildman–Crippen LogP) is 1.09. The Kier molecular flexibility index (Phi) is 7.35. The van der Waals surface area contributed by atoms with Gasteiger partial charge in [0.2, 0.25) is 6.29 Å². The van der Waals surface area contributed by atoms with Gasteiger partial charge in [-0.05, 0) is 13.3 Å². The Balaban J connectivity index is 2.31. The molecule has 0 spiro atoms. The van der Waals surface area contributed by atoms with Crippen molar-refractivity contribution in [2.45, 2.75) is 64.8 Å². The van der Waals surface area contributed by atoms with Gasteiger partial charge in [-0.3, -0.25) is 28.0 Å². The van der Waals surface area contributed by atoms with Gasteiger partial charge >= 0.3 is 25.7 Å². The Labute approximate surface area is 156 Å². The molecule has 0 bridgehead atoms. The summed E-state index contributed by atoms with van der Waals surface area (Å²) < 4.78 is 49.2. The van der Waals surface area contributed by atoms with Crippen molar-refractivity contribution in [1.82, 2.24) is 0 Å². The van der Waals surface area contributed by atoms with E-state index in [1.165, 1.54) is 13.8 Å². The number of rotatable bonds is 5. The molecule has 0 aliphatic carbocycles. The van der Waals surface area contributed by atoms with Crippen molar-refractivity contribution < 1.29 is 51.5 Å². The monoisotopic (exact) mass is 410 g/mol. The molecule has 0 aromatic heterocycles. The maximum atomic E-state index is 12.5. The Morgan fingerprint density at radius 3 is 1.85 bits per heavy atom. The van der Waals surface area contributed by atoms with Crippen LogP contribution in [0.4, 0.5) is 0 Å². The van der Waals surface area contributed by atoms with Crippen molar-refractivity contribution in [2.24, 2.45) is 0 Å². The summed E-state index contributed by atoms with van der Waals surface area (Å²) in [5, 5.41) is 0. The van der Waals surface area contributed by atoms with Crippen LogP contribution in [0.15, 0.2) is 0 Å². The number of phosphoric ester groups is 1. The van der Waals surface area contributed by atoms with E-state index in [2.05, 4.69) is 0 Å². The summed E-state index contributed by atoms with van der Waals surface area (Å²) in [6.45, 7) is 5.27. The number of ether oxygens (including phenoxy) is 4. The molecule has 0 unspecified atom stereocenters. The molecule has 12 heteroatoms. The minimum atomic E-state index is -3.96. The fourth-order valence-electron chi connectivity index (χ4n) is 2.69. The van der Waals surface area contributed by atoms with Crippen LogP contribution in [0.1, 0.15) is 34.1 Å². The highest BCUT2D eigenvalue weighted by Gasteiger charge is 2.53. The number of esters is 3. The number of carbonyl (C=O) groups excluding carboxylic acids is 3. The molecule has 5 atom stereocenters. The summed E-state index contributed by atoms with van der Waals surface area (Å²) in [4.78, 5) is 34.5. The molecule has 0 aromatic rings. The van der Waals surface area contributed by atoms with E-state index in [0.717, 1.165) is 13.8 Å². The van der Waals surface area contributed by atoms with E-state index in [0.29, 0.717) is 6.42 Å². The van der Waals surface area contributed by atoms with E-state index in [1.54, 1.807) is 0 Å². The summed E-state index contributed by atoms with van der Waals surface area (Å²) in [7, 11) is -3.96. The third-order valence-corrected chi connectivity index (χ3v) is 5.12. The van der Waals surface area contributed by atoms with Gasteiger partial charge in [0.05, 0.1) is 19.3 Å². The molecule has 2 heterocycles. The minimum Gasteiger partial charge on any atom is -0.456 e. The van der Waals surface area contributed by atoms with Crippen LogP contribution in [-0.4, -0.2) is 61.8 Å². The molecule has 27 heavy (non-hydrogen) atoms. The first-order chi connectivity index (χ1) is 12.6.